The number of nitrogens with zero attached hydrogens (tertiary/aromatic N) is 2. The average molecular weight is 264 g/mol. The molecule has 3 heteroatoms. The van der Waals surface area contributed by atoms with Gasteiger partial charge in [0.1, 0.15) is 6.42 Å². The standard InChI is InChI=1S/C17H16N2O/c1-19(17(20)11-12-18)13-14-7-9-16(10-8-14)15-5-3-2-4-6-15/h2-10H,11,13H2,1H3. The lowest BCUT2D eigenvalue weighted by Gasteiger charge is -2.15. The Morgan fingerprint density at radius 3 is 2.25 bits per heavy atom. The molecule has 1 amide bonds. The van der Waals surface area contributed by atoms with Gasteiger partial charge in [-0.3, -0.25) is 4.79 Å². The quantitative estimate of drug-likeness (QED) is 0.851. The van der Waals surface area contributed by atoms with Crippen LogP contribution in [0.15, 0.2) is 54.6 Å². The molecule has 0 radical (unpaired) electrons. The van der Waals surface area contributed by atoms with Gasteiger partial charge < -0.3 is 4.90 Å². The molecule has 0 saturated heterocycles. The molecule has 2 rings (SSSR count). The van der Waals surface area contributed by atoms with E-state index >= 15 is 0 Å². The summed E-state index contributed by atoms with van der Waals surface area (Å²) in [6.07, 6.45) is -0.0708. The van der Waals surface area contributed by atoms with Crippen LogP contribution in [0.5, 0.6) is 0 Å². The van der Waals surface area contributed by atoms with Gasteiger partial charge in [0.2, 0.25) is 5.91 Å². The minimum Gasteiger partial charge on any atom is -0.341 e. The number of nitriles is 1. The Morgan fingerprint density at radius 1 is 1.05 bits per heavy atom. The lowest BCUT2D eigenvalue weighted by molar-refractivity contribution is -0.129. The van der Waals surface area contributed by atoms with Gasteiger partial charge in [0.05, 0.1) is 6.07 Å². The fraction of sp³-hybridized carbons (Fsp3) is 0.176. The van der Waals surface area contributed by atoms with Crippen LogP contribution in [0.25, 0.3) is 11.1 Å². The number of hydrogen-bond donors (Lipinski definition) is 0. The summed E-state index contributed by atoms with van der Waals surface area (Å²) < 4.78 is 0. The Hall–Kier alpha value is -2.60. The van der Waals surface area contributed by atoms with Crippen LogP contribution in [0, 0.1) is 11.3 Å². The van der Waals surface area contributed by atoms with Crippen LogP contribution in [-0.4, -0.2) is 17.9 Å². The third kappa shape index (κ3) is 3.46. The van der Waals surface area contributed by atoms with Crippen molar-refractivity contribution >= 4 is 5.91 Å². The second kappa shape index (κ2) is 6.53. The first-order valence-corrected chi connectivity index (χ1v) is 6.46. The Morgan fingerprint density at radius 2 is 1.65 bits per heavy atom. The highest BCUT2D eigenvalue weighted by atomic mass is 16.2. The summed E-state index contributed by atoms with van der Waals surface area (Å²) in [6, 6.07) is 20.1. The molecule has 2 aromatic rings. The molecule has 3 nitrogen and oxygen atoms in total. The smallest absolute Gasteiger partial charge is 0.236 e. The molecule has 0 atom stereocenters. The Labute approximate surface area is 119 Å². The Balaban J connectivity index is 2.06. The van der Waals surface area contributed by atoms with E-state index in [1.165, 1.54) is 5.56 Å². The van der Waals surface area contributed by atoms with Crippen molar-refractivity contribution in [3.05, 3.63) is 60.2 Å². The van der Waals surface area contributed by atoms with Gasteiger partial charge in [-0.25, -0.2) is 0 Å². The normalized spacial score (nSPS) is 9.80. The van der Waals surface area contributed by atoms with Crippen LogP contribution in [0.2, 0.25) is 0 Å². The number of amides is 1. The Kier molecular flexibility index (Phi) is 4.52. The van der Waals surface area contributed by atoms with Gasteiger partial charge in [-0.1, -0.05) is 54.6 Å². The van der Waals surface area contributed by atoms with Gasteiger partial charge in [0.25, 0.3) is 0 Å². The Bertz CT molecular complexity index is 612. The third-order valence-corrected chi connectivity index (χ3v) is 3.14. The molecule has 0 heterocycles. The van der Waals surface area contributed by atoms with E-state index in [0.29, 0.717) is 6.54 Å². The highest BCUT2D eigenvalue weighted by molar-refractivity contribution is 5.78. The fourth-order valence-corrected chi connectivity index (χ4v) is 2.00. The largest absolute Gasteiger partial charge is 0.341 e. The van der Waals surface area contributed by atoms with Crippen molar-refractivity contribution < 1.29 is 4.79 Å². The summed E-state index contributed by atoms with van der Waals surface area (Å²) in [5.74, 6) is -0.153. The number of benzene rings is 2. The van der Waals surface area contributed by atoms with E-state index in [9.17, 15) is 4.79 Å². The summed E-state index contributed by atoms with van der Waals surface area (Å²) in [7, 11) is 1.71. The molecule has 2 aromatic carbocycles. The van der Waals surface area contributed by atoms with Crippen molar-refractivity contribution in [3.63, 3.8) is 0 Å². The minimum atomic E-state index is -0.153. The maximum Gasteiger partial charge on any atom is 0.236 e. The second-order valence-corrected chi connectivity index (χ2v) is 4.65. The first-order chi connectivity index (χ1) is 9.70. The average Bonchev–Trinajstić information content (AvgIpc) is 2.49. The van der Waals surface area contributed by atoms with Crippen molar-refractivity contribution in [2.45, 2.75) is 13.0 Å². The van der Waals surface area contributed by atoms with Crippen LogP contribution >= 0.6 is 0 Å². The van der Waals surface area contributed by atoms with E-state index in [1.54, 1.807) is 11.9 Å². The van der Waals surface area contributed by atoms with Gasteiger partial charge in [-0.15, -0.1) is 0 Å². The van der Waals surface area contributed by atoms with E-state index in [4.69, 9.17) is 5.26 Å². The lowest BCUT2D eigenvalue weighted by atomic mass is 10.0. The molecule has 0 aliphatic carbocycles. The number of rotatable bonds is 4. The molecular formula is C17H16N2O. The molecular weight excluding hydrogens is 248 g/mol. The summed E-state index contributed by atoms with van der Waals surface area (Å²) in [4.78, 5) is 13.1. The topological polar surface area (TPSA) is 44.1 Å². The summed E-state index contributed by atoms with van der Waals surface area (Å²) >= 11 is 0. The number of carbonyl (C=O) groups excluding carboxylic acids is 1. The van der Waals surface area contributed by atoms with Crippen LogP contribution in [0.4, 0.5) is 0 Å². The van der Waals surface area contributed by atoms with E-state index in [1.807, 2.05) is 48.5 Å². The molecule has 0 saturated carbocycles. The van der Waals surface area contributed by atoms with Crippen molar-refractivity contribution in [1.82, 2.24) is 4.90 Å². The molecule has 0 N–H and O–H groups in total. The molecule has 0 aromatic heterocycles. The maximum absolute atomic E-state index is 11.5. The highest BCUT2D eigenvalue weighted by Gasteiger charge is 2.08. The molecule has 100 valence electrons. The molecule has 0 bridgehead atoms. The zero-order chi connectivity index (χ0) is 14.4. The predicted molar refractivity (Wildman–Crippen MR) is 78.6 cm³/mol. The van der Waals surface area contributed by atoms with Crippen LogP contribution in [0.1, 0.15) is 12.0 Å². The molecule has 0 spiro atoms. The van der Waals surface area contributed by atoms with Gasteiger partial charge in [-0.2, -0.15) is 5.26 Å². The monoisotopic (exact) mass is 264 g/mol. The van der Waals surface area contributed by atoms with Crippen LogP contribution < -0.4 is 0 Å². The third-order valence-electron chi connectivity index (χ3n) is 3.14. The maximum atomic E-state index is 11.5. The van der Waals surface area contributed by atoms with Gasteiger partial charge in [0, 0.05) is 13.6 Å². The molecule has 0 fully saturated rings. The molecule has 0 unspecified atom stereocenters. The van der Waals surface area contributed by atoms with Crippen molar-refractivity contribution in [2.75, 3.05) is 7.05 Å². The van der Waals surface area contributed by atoms with Crippen molar-refractivity contribution in [3.8, 4) is 17.2 Å². The van der Waals surface area contributed by atoms with Gasteiger partial charge >= 0.3 is 0 Å². The lowest BCUT2D eigenvalue weighted by Crippen LogP contribution is -2.25. The van der Waals surface area contributed by atoms with Crippen molar-refractivity contribution in [1.29, 1.82) is 5.26 Å². The van der Waals surface area contributed by atoms with E-state index in [0.717, 1.165) is 11.1 Å². The number of hydrogen-bond acceptors (Lipinski definition) is 2. The fourth-order valence-electron chi connectivity index (χ4n) is 2.00. The minimum absolute atomic E-state index is 0.0708. The van der Waals surface area contributed by atoms with Gasteiger partial charge in [0.15, 0.2) is 0 Å². The first-order valence-electron chi connectivity index (χ1n) is 6.46. The highest BCUT2D eigenvalue weighted by Crippen LogP contribution is 2.19. The van der Waals surface area contributed by atoms with Crippen LogP contribution in [-0.2, 0) is 11.3 Å². The summed E-state index contributed by atoms with van der Waals surface area (Å²) in [5.41, 5.74) is 3.38. The number of carbonyl (C=O) groups is 1. The summed E-state index contributed by atoms with van der Waals surface area (Å²) in [6.45, 7) is 0.523. The zero-order valence-electron chi connectivity index (χ0n) is 11.4. The molecule has 0 aliphatic rings. The van der Waals surface area contributed by atoms with Crippen molar-refractivity contribution in [2.24, 2.45) is 0 Å². The molecule has 0 aliphatic heterocycles. The van der Waals surface area contributed by atoms with E-state index in [-0.39, 0.29) is 12.3 Å². The summed E-state index contributed by atoms with van der Waals surface area (Å²) in [5, 5.41) is 8.52. The zero-order valence-corrected chi connectivity index (χ0v) is 11.4. The van der Waals surface area contributed by atoms with Crippen LogP contribution in [0.3, 0.4) is 0 Å². The SMILES string of the molecule is CN(Cc1ccc(-c2ccccc2)cc1)C(=O)CC#N. The predicted octanol–water partition coefficient (Wildman–Crippen LogP) is 3.23. The molecule has 20 heavy (non-hydrogen) atoms. The second-order valence-electron chi connectivity index (χ2n) is 4.65. The van der Waals surface area contributed by atoms with E-state index in [2.05, 4.69) is 12.1 Å². The van der Waals surface area contributed by atoms with E-state index < -0.39 is 0 Å². The first kappa shape index (κ1) is 13.8. The van der Waals surface area contributed by atoms with Gasteiger partial charge in [-0.05, 0) is 16.7 Å².